The number of carbonyl (C=O) groups is 1. The standard InChI is InChI=1S/C12H19N3O2S.ClH/c1-6-7(2)18-11(15-6)5-14-12(17)8-3-9(13)10(16)4-8;/h8-10,16H,3-5,13H2,1-2H3,(H,14,17);1H/t8-,9+,10+;/m0./s1. The van der Waals surface area contributed by atoms with Crippen LogP contribution in [-0.2, 0) is 11.3 Å². The molecule has 19 heavy (non-hydrogen) atoms. The minimum Gasteiger partial charge on any atom is -0.391 e. The minimum atomic E-state index is -0.551. The molecule has 0 aromatic carbocycles. The summed E-state index contributed by atoms with van der Waals surface area (Å²) in [5, 5.41) is 13.3. The van der Waals surface area contributed by atoms with E-state index < -0.39 is 6.10 Å². The Bertz CT molecular complexity index is 423. The van der Waals surface area contributed by atoms with Crippen molar-refractivity contribution >= 4 is 29.7 Å². The predicted octanol–water partition coefficient (Wildman–Crippen LogP) is 0.896. The lowest BCUT2D eigenvalue weighted by atomic mass is 10.1. The molecule has 4 N–H and O–H groups in total. The van der Waals surface area contributed by atoms with E-state index in [1.807, 2.05) is 13.8 Å². The van der Waals surface area contributed by atoms with Crippen LogP contribution in [0, 0.1) is 19.8 Å². The quantitative estimate of drug-likeness (QED) is 0.774. The predicted molar refractivity (Wildman–Crippen MR) is 77.4 cm³/mol. The monoisotopic (exact) mass is 305 g/mol. The normalized spacial score (nSPS) is 26.0. The molecule has 1 aromatic rings. The first-order chi connectivity index (χ1) is 8.47. The highest BCUT2D eigenvalue weighted by atomic mass is 35.5. The van der Waals surface area contributed by atoms with Gasteiger partial charge in [-0.2, -0.15) is 0 Å². The SMILES string of the molecule is Cc1nc(CNC(=O)[C@H]2C[C@@H](N)[C@H](O)C2)sc1C.Cl. The third kappa shape index (κ3) is 3.89. The van der Waals surface area contributed by atoms with Gasteiger partial charge in [-0.25, -0.2) is 4.98 Å². The van der Waals surface area contributed by atoms with Gasteiger partial charge in [0.05, 0.1) is 18.3 Å². The van der Waals surface area contributed by atoms with Gasteiger partial charge in [0.1, 0.15) is 5.01 Å². The van der Waals surface area contributed by atoms with Crippen LogP contribution in [0.25, 0.3) is 0 Å². The largest absolute Gasteiger partial charge is 0.391 e. The van der Waals surface area contributed by atoms with Gasteiger partial charge in [-0.1, -0.05) is 0 Å². The summed E-state index contributed by atoms with van der Waals surface area (Å²) >= 11 is 1.60. The number of hydrogen-bond acceptors (Lipinski definition) is 5. The van der Waals surface area contributed by atoms with Crippen molar-refractivity contribution < 1.29 is 9.90 Å². The zero-order chi connectivity index (χ0) is 13.3. The number of carbonyl (C=O) groups excluding carboxylic acids is 1. The van der Waals surface area contributed by atoms with Gasteiger partial charge in [0, 0.05) is 16.8 Å². The van der Waals surface area contributed by atoms with Crippen LogP contribution < -0.4 is 11.1 Å². The summed E-state index contributed by atoms with van der Waals surface area (Å²) in [7, 11) is 0. The number of rotatable bonds is 3. The van der Waals surface area contributed by atoms with Gasteiger partial charge in [0.2, 0.25) is 5.91 Å². The molecule has 3 atom stereocenters. The molecule has 1 aliphatic carbocycles. The summed E-state index contributed by atoms with van der Waals surface area (Å²) < 4.78 is 0. The summed E-state index contributed by atoms with van der Waals surface area (Å²) in [5.74, 6) is -0.204. The topological polar surface area (TPSA) is 88.2 Å². The number of nitrogens with zero attached hydrogens (tertiary/aromatic N) is 1. The van der Waals surface area contributed by atoms with E-state index in [4.69, 9.17) is 5.73 Å². The van der Waals surface area contributed by atoms with Crippen LogP contribution in [0.4, 0.5) is 0 Å². The lowest BCUT2D eigenvalue weighted by molar-refractivity contribution is -0.125. The molecule has 7 heteroatoms. The van der Waals surface area contributed by atoms with Crippen LogP contribution in [0.5, 0.6) is 0 Å². The van der Waals surface area contributed by atoms with Crippen LogP contribution in [-0.4, -0.2) is 28.1 Å². The molecule has 5 nitrogen and oxygen atoms in total. The number of aliphatic hydroxyl groups is 1. The van der Waals surface area contributed by atoms with Crippen molar-refractivity contribution in [2.24, 2.45) is 11.7 Å². The number of aliphatic hydroxyl groups excluding tert-OH is 1. The van der Waals surface area contributed by atoms with Gasteiger partial charge in [-0.3, -0.25) is 4.79 Å². The Morgan fingerprint density at radius 2 is 2.21 bits per heavy atom. The first-order valence-electron chi connectivity index (χ1n) is 6.11. The van der Waals surface area contributed by atoms with Crippen molar-refractivity contribution in [3.05, 3.63) is 15.6 Å². The van der Waals surface area contributed by atoms with Gasteiger partial charge >= 0.3 is 0 Å². The van der Waals surface area contributed by atoms with Crippen LogP contribution in [0.1, 0.15) is 28.4 Å². The molecule has 1 amide bonds. The molecule has 0 unspecified atom stereocenters. The Kier molecular flexibility index (Phi) is 5.73. The number of amides is 1. The van der Waals surface area contributed by atoms with E-state index in [0.29, 0.717) is 19.4 Å². The second kappa shape index (κ2) is 6.65. The molecule has 1 saturated carbocycles. The van der Waals surface area contributed by atoms with Crippen LogP contribution in [0.3, 0.4) is 0 Å². The molecular weight excluding hydrogens is 286 g/mol. The molecule has 1 heterocycles. The minimum absolute atomic E-state index is 0. The first kappa shape index (κ1) is 16.4. The summed E-state index contributed by atoms with van der Waals surface area (Å²) in [6.45, 7) is 4.44. The van der Waals surface area contributed by atoms with E-state index in [0.717, 1.165) is 10.7 Å². The summed E-state index contributed by atoms with van der Waals surface area (Å²) in [6, 6.07) is -0.273. The molecule has 2 rings (SSSR count). The number of nitrogens with two attached hydrogens (primary N) is 1. The van der Waals surface area contributed by atoms with Crippen molar-refractivity contribution in [3.63, 3.8) is 0 Å². The maximum Gasteiger partial charge on any atom is 0.223 e. The molecule has 0 radical (unpaired) electrons. The third-order valence-electron chi connectivity index (χ3n) is 3.43. The first-order valence-corrected chi connectivity index (χ1v) is 6.93. The average Bonchev–Trinajstić information content (AvgIpc) is 2.81. The van der Waals surface area contributed by atoms with E-state index in [-0.39, 0.29) is 30.3 Å². The Morgan fingerprint density at radius 1 is 1.53 bits per heavy atom. The maximum atomic E-state index is 11.9. The lowest BCUT2D eigenvalue weighted by Gasteiger charge is -2.08. The van der Waals surface area contributed by atoms with Crippen molar-refractivity contribution in [2.45, 2.75) is 45.4 Å². The highest BCUT2D eigenvalue weighted by molar-refractivity contribution is 7.11. The second-order valence-electron chi connectivity index (χ2n) is 4.87. The van der Waals surface area contributed by atoms with Gasteiger partial charge in [-0.05, 0) is 26.7 Å². The van der Waals surface area contributed by atoms with Crippen LogP contribution >= 0.6 is 23.7 Å². The number of halogens is 1. The number of nitrogens with one attached hydrogen (secondary N) is 1. The fourth-order valence-corrected chi connectivity index (χ4v) is 3.06. The zero-order valence-corrected chi connectivity index (χ0v) is 12.7. The van der Waals surface area contributed by atoms with Crippen LogP contribution in [0.15, 0.2) is 0 Å². The Labute approximate surface area is 123 Å². The van der Waals surface area contributed by atoms with E-state index in [1.165, 1.54) is 4.88 Å². The number of aryl methyl sites for hydroxylation is 2. The van der Waals surface area contributed by atoms with Crippen molar-refractivity contribution in [1.29, 1.82) is 0 Å². The molecule has 1 aromatic heterocycles. The molecule has 0 saturated heterocycles. The molecule has 0 spiro atoms. The summed E-state index contributed by atoms with van der Waals surface area (Å²) in [6.07, 6.45) is 0.469. The fourth-order valence-electron chi connectivity index (χ4n) is 2.18. The lowest BCUT2D eigenvalue weighted by Crippen LogP contribution is -2.30. The number of aromatic nitrogens is 1. The van der Waals surface area contributed by atoms with E-state index in [1.54, 1.807) is 11.3 Å². The molecule has 1 aliphatic rings. The van der Waals surface area contributed by atoms with Crippen molar-refractivity contribution in [1.82, 2.24) is 10.3 Å². The van der Waals surface area contributed by atoms with Gasteiger partial charge in [0.15, 0.2) is 0 Å². The van der Waals surface area contributed by atoms with Crippen molar-refractivity contribution in [2.75, 3.05) is 0 Å². The van der Waals surface area contributed by atoms with Gasteiger partial charge in [0.25, 0.3) is 0 Å². The second-order valence-corrected chi connectivity index (χ2v) is 6.15. The Balaban J connectivity index is 0.00000180. The smallest absolute Gasteiger partial charge is 0.223 e. The summed E-state index contributed by atoms with van der Waals surface area (Å²) in [4.78, 5) is 17.4. The molecule has 0 aliphatic heterocycles. The zero-order valence-electron chi connectivity index (χ0n) is 11.0. The molecular formula is C12H20ClN3O2S. The molecule has 108 valence electrons. The average molecular weight is 306 g/mol. The maximum absolute atomic E-state index is 11.9. The van der Waals surface area contributed by atoms with E-state index >= 15 is 0 Å². The van der Waals surface area contributed by atoms with Gasteiger partial charge in [-0.15, -0.1) is 23.7 Å². The number of thiazole rings is 1. The third-order valence-corrected chi connectivity index (χ3v) is 4.51. The van der Waals surface area contributed by atoms with Gasteiger partial charge < -0.3 is 16.2 Å². The highest BCUT2D eigenvalue weighted by Gasteiger charge is 2.34. The van der Waals surface area contributed by atoms with Crippen LogP contribution in [0.2, 0.25) is 0 Å². The Hall–Kier alpha value is -0.690. The highest BCUT2D eigenvalue weighted by Crippen LogP contribution is 2.25. The van der Waals surface area contributed by atoms with E-state index in [9.17, 15) is 9.90 Å². The van der Waals surface area contributed by atoms with E-state index in [2.05, 4.69) is 10.3 Å². The molecule has 1 fully saturated rings. The summed E-state index contributed by atoms with van der Waals surface area (Å²) in [5.41, 5.74) is 6.71. The Morgan fingerprint density at radius 3 is 2.68 bits per heavy atom. The van der Waals surface area contributed by atoms with Crippen molar-refractivity contribution in [3.8, 4) is 0 Å². The molecule has 0 bridgehead atoms. The fraction of sp³-hybridized carbons (Fsp3) is 0.667. The number of hydrogen-bond donors (Lipinski definition) is 3.